The van der Waals surface area contributed by atoms with E-state index in [2.05, 4.69) is 81.3 Å². The van der Waals surface area contributed by atoms with Gasteiger partial charge in [-0.05, 0) is 97.7 Å². The van der Waals surface area contributed by atoms with E-state index in [9.17, 15) is 0 Å². The Labute approximate surface area is 210 Å². The highest BCUT2D eigenvalue weighted by Crippen LogP contribution is 2.44. The number of ether oxygens (including phenoxy) is 2. The SMILES string of the molecule is C=CCc1cc(-c2c(C)c(CC=C)c3c(c2C)CN(c2ccccc2)CO3)cc(CC)c1OCC. The third kappa shape index (κ3) is 4.73. The first kappa shape index (κ1) is 24.7. The van der Waals surface area contributed by atoms with E-state index in [1.54, 1.807) is 0 Å². The molecule has 0 spiro atoms. The maximum Gasteiger partial charge on any atom is 0.161 e. The molecule has 3 nitrogen and oxygen atoms in total. The highest BCUT2D eigenvalue weighted by atomic mass is 16.5. The number of benzene rings is 3. The van der Waals surface area contributed by atoms with Crippen LogP contribution in [0.4, 0.5) is 5.69 Å². The van der Waals surface area contributed by atoms with Crippen LogP contribution in [-0.4, -0.2) is 13.3 Å². The van der Waals surface area contributed by atoms with Crippen molar-refractivity contribution in [3.05, 3.63) is 101 Å². The largest absolute Gasteiger partial charge is 0.493 e. The molecular weight excluding hydrogens is 430 g/mol. The maximum absolute atomic E-state index is 6.43. The van der Waals surface area contributed by atoms with Crippen LogP contribution in [0.3, 0.4) is 0 Å². The number of hydrogen-bond acceptors (Lipinski definition) is 3. The number of fused-ring (bicyclic) bond motifs is 1. The molecule has 0 amide bonds. The summed E-state index contributed by atoms with van der Waals surface area (Å²) >= 11 is 0. The van der Waals surface area contributed by atoms with Crippen LogP contribution in [0.5, 0.6) is 11.5 Å². The summed E-state index contributed by atoms with van der Waals surface area (Å²) < 4.78 is 12.5. The minimum Gasteiger partial charge on any atom is -0.493 e. The van der Waals surface area contributed by atoms with Crippen molar-refractivity contribution in [3.8, 4) is 22.6 Å². The van der Waals surface area contributed by atoms with Gasteiger partial charge in [0.1, 0.15) is 11.5 Å². The molecule has 4 rings (SSSR count). The molecule has 0 atom stereocenters. The molecule has 0 aromatic heterocycles. The Morgan fingerprint density at radius 2 is 1.69 bits per heavy atom. The Bertz CT molecular complexity index is 1230. The number of allylic oxidation sites excluding steroid dienone is 2. The fourth-order valence-corrected chi connectivity index (χ4v) is 5.28. The molecule has 35 heavy (non-hydrogen) atoms. The van der Waals surface area contributed by atoms with Crippen molar-refractivity contribution in [2.24, 2.45) is 0 Å². The van der Waals surface area contributed by atoms with Crippen molar-refractivity contribution in [2.75, 3.05) is 18.2 Å². The van der Waals surface area contributed by atoms with Gasteiger partial charge in [0.15, 0.2) is 6.73 Å². The third-order valence-electron chi connectivity index (χ3n) is 6.95. The number of para-hydroxylation sites is 1. The molecule has 3 aromatic rings. The summed E-state index contributed by atoms with van der Waals surface area (Å²) in [4.78, 5) is 2.30. The van der Waals surface area contributed by atoms with Gasteiger partial charge in [-0.2, -0.15) is 0 Å². The van der Waals surface area contributed by atoms with Crippen LogP contribution in [0.15, 0.2) is 67.8 Å². The fraction of sp³-hybridized carbons (Fsp3) is 0.312. The molecule has 182 valence electrons. The second-order valence-electron chi connectivity index (χ2n) is 9.11. The Hall–Kier alpha value is -3.46. The number of anilines is 1. The average Bonchev–Trinajstić information content (AvgIpc) is 2.88. The Morgan fingerprint density at radius 3 is 2.34 bits per heavy atom. The number of rotatable bonds is 9. The second-order valence-corrected chi connectivity index (χ2v) is 9.11. The number of hydrogen-bond donors (Lipinski definition) is 0. The molecule has 0 unspecified atom stereocenters. The summed E-state index contributed by atoms with van der Waals surface area (Å²) in [6, 6.07) is 15.1. The van der Waals surface area contributed by atoms with Crippen molar-refractivity contribution in [2.45, 2.75) is 53.5 Å². The molecule has 1 aliphatic rings. The van der Waals surface area contributed by atoms with Gasteiger partial charge in [-0.15, -0.1) is 13.2 Å². The lowest BCUT2D eigenvalue weighted by molar-refractivity contribution is 0.286. The van der Waals surface area contributed by atoms with E-state index in [0.717, 1.165) is 37.3 Å². The van der Waals surface area contributed by atoms with Gasteiger partial charge >= 0.3 is 0 Å². The van der Waals surface area contributed by atoms with Crippen LogP contribution in [-0.2, 0) is 25.8 Å². The first-order valence-corrected chi connectivity index (χ1v) is 12.6. The highest BCUT2D eigenvalue weighted by molar-refractivity contribution is 5.79. The molecule has 3 heteroatoms. The van der Waals surface area contributed by atoms with E-state index in [-0.39, 0.29) is 0 Å². The smallest absolute Gasteiger partial charge is 0.161 e. The first-order valence-electron chi connectivity index (χ1n) is 12.6. The molecule has 0 aliphatic carbocycles. The van der Waals surface area contributed by atoms with Gasteiger partial charge in [-0.3, -0.25) is 0 Å². The van der Waals surface area contributed by atoms with Crippen molar-refractivity contribution in [1.82, 2.24) is 0 Å². The predicted molar refractivity (Wildman–Crippen MR) is 148 cm³/mol. The Balaban J connectivity index is 1.92. The van der Waals surface area contributed by atoms with Gasteiger partial charge in [0.05, 0.1) is 13.2 Å². The molecule has 0 radical (unpaired) electrons. The zero-order valence-electron chi connectivity index (χ0n) is 21.6. The molecule has 0 bridgehead atoms. The van der Waals surface area contributed by atoms with Gasteiger partial charge in [-0.1, -0.05) is 37.3 Å². The van der Waals surface area contributed by atoms with Crippen LogP contribution in [0.1, 0.15) is 47.2 Å². The Kier molecular flexibility index (Phi) is 7.65. The molecular formula is C32H37NO2. The van der Waals surface area contributed by atoms with Crippen LogP contribution < -0.4 is 14.4 Å². The van der Waals surface area contributed by atoms with E-state index in [1.807, 2.05) is 19.1 Å². The van der Waals surface area contributed by atoms with Crippen molar-refractivity contribution in [1.29, 1.82) is 0 Å². The monoisotopic (exact) mass is 467 g/mol. The van der Waals surface area contributed by atoms with Crippen LogP contribution in [0.25, 0.3) is 11.1 Å². The summed E-state index contributed by atoms with van der Waals surface area (Å²) in [6.07, 6.45) is 6.42. The number of nitrogens with zero attached hydrogens (tertiary/aromatic N) is 1. The molecule has 3 aromatic carbocycles. The zero-order chi connectivity index (χ0) is 24.9. The normalized spacial score (nSPS) is 12.6. The van der Waals surface area contributed by atoms with Gasteiger partial charge in [0.25, 0.3) is 0 Å². The predicted octanol–water partition coefficient (Wildman–Crippen LogP) is 7.75. The summed E-state index contributed by atoms with van der Waals surface area (Å²) in [5.41, 5.74) is 11.2. The highest BCUT2D eigenvalue weighted by Gasteiger charge is 2.27. The van der Waals surface area contributed by atoms with E-state index in [4.69, 9.17) is 9.47 Å². The molecule has 0 saturated carbocycles. The quantitative estimate of drug-likeness (QED) is 0.300. The van der Waals surface area contributed by atoms with E-state index < -0.39 is 0 Å². The average molecular weight is 468 g/mol. The van der Waals surface area contributed by atoms with E-state index in [0.29, 0.717) is 13.3 Å². The van der Waals surface area contributed by atoms with Gasteiger partial charge < -0.3 is 14.4 Å². The van der Waals surface area contributed by atoms with Crippen molar-refractivity contribution >= 4 is 5.69 Å². The van der Waals surface area contributed by atoms with Crippen molar-refractivity contribution < 1.29 is 9.47 Å². The lowest BCUT2D eigenvalue weighted by Gasteiger charge is -2.35. The van der Waals surface area contributed by atoms with Crippen LogP contribution >= 0.6 is 0 Å². The Morgan fingerprint density at radius 1 is 0.971 bits per heavy atom. The molecule has 1 heterocycles. The zero-order valence-corrected chi connectivity index (χ0v) is 21.6. The van der Waals surface area contributed by atoms with Gasteiger partial charge in [-0.25, -0.2) is 0 Å². The topological polar surface area (TPSA) is 21.7 Å². The summed E-state index contributed by atoms with van der Waals surface area (Å²) in [5, 5.41) is 0. The van der Waals surface area contributed by atoms with Gasteiger partial charge in [0.2, 0.25) is 0 Å². The lowest BCUT2D eigenvalue weighted by Crippen LogP contribution is -2.33. The second kappa shape index (κ2) is 10.9. The summed E-state index contributed by atoms with van der Waals surface area (Å²) in [5.74, 6) is 2.04. The first-order chi connectivity index (χ1) is 17.0. The van der Waals surface area contributed by atoms with Crippen molar-refractivity contribution in [3.63, 3.8) is 0 Å². The number of aryl methyl sites for hydroxylation is 1. The minimum atomic E-state index is 0.548. The van der Waals surface area contributed by atoms with Gasteiger partial charge in [0, 0.05) is 16.8 Å². The summed E-state index contributed by atoms with van der Waals surface area (Å²) in [6.45, 7) is 18.8. The van der Waals surface area contributed by atoms with E-state index >= 15 is 0 Å². The lowest BCUT2D eigenvalue weighted by atomic mass is 9.84. The molecule has 0 saturated heterocycles. The van der Waals surface area contributed by atoms with Crippen LogP contribution in [0.2, 0.25) is 0 Å². The molecule has 0 N–H and O–H groups in total. The molecule has 1 aliphatic heterocycles. The van der Waals surface area contributed by atoms with Crippen LogP contribution in [0, 0.1) is 13.8 Å². The maximum atomic E-state index is 6.43. The summed E-state index contributed by atoms with van der Waals surface area (Å²) in [7, 11) is 0. The minimum absolute atomic E-state index is 0.548. The fourth-order valence-electron chi connectivity index (χ4n) is 5.28. The standard InChI is InChI=1S/C32H37NO2/c1-7-14-25-19-26(18-24(9-3)31(25)34-10-4)30-22(5)28(15-8-2)32-29(23(30)6)20-33(21-35-32)27-16-12-11-13-17-27/h7-8,11-13,16-19H,1-2,9-10,14-15,20-21H2,3-6H3. The third-order valence-corrected chi connectivity index (χ3v) is 6.95. The molecule has 0 fully saturated rings. The van der Waals surface area contributed by atoms with E-state index in [1.165, 1.54) is 50.2 Å².